The van der Waals surface area contributed by atoms with Gasteiger partial charge in [0.05, 0.1) is 11.4 Å². The fourth-order valence-corrected chi connectivity index (χ4v) is 3.50. The van der Waals surface area contributed by atoms with Gasteiger partial charge in [0.1, 0.15) is 12.4 Å². The van der Waals surface area contributed by atoms with Crippen LogP contribution in [0.5, 0.6) is 5.75 Å². The van der Waals surface area contributed by atoms with E-state index in [0.717, 1.165) is 16.9 Å². The van der Waals surface area contributed by atoms with Crippen molar-refractivity contribution in [3.8, 4) is 5.75 Å². The normalized spacial score (nSPS) is 10.7. The molecule has 2 aromatic heterocycles. The van der Waals surface area contributed by atoms with E-state index in [1.807, 2.05) is 23.7 Å². The molecule has 0 spiro atoms. The first kappa shape index (κ1) is 18.2. The summed E-state index contributed by atoms with van der Waals surface area (Å²) in [6, 6.07) is 7.97. The van der Waals surface area contributed by atoms with E-state index in [1.54, 1.807) is 10.9 Å². The van der Waals surface area contributed by atoms with Crippen molar-refractivity contribution >= 4 is 17.2 Å². The number of nitrogens with one attached hydrogen (secondary N) is 1. The molecule has 0 aliphatic carbocycles. The first-order valence-corrected chi connectivity index (χ1v) is 9.44. The zero-order chi connectivity index (χ0) is 18.5. The molecule has 0 saturated heterocycles. The predicted octanol–water partition coefficient (Wildman–Crippen LogP) is 3.88. The van der Waals surface area contributed by atoms with Gasteiger partial charge in [0, 0.05) is 24.5 Å². The van der Waals surface area contributed by atoms with Crippen molar-refractivity contribution in [1.29, 1.82) is 0 Å². The topological polar surface area (TPSA) is 56.1 Å². The van der Waals surface area contributed by atoms with Crippen molar-refractivity contribution in [2.75, 3.05) is 6.54 Å². The molecule has 5 nitrogen and oxygen atoms in total. The van der Waals surface area contributed by atoms with Crippen molar-refractivity contribution in [2.24, 2.45) is 0 Å². The number of rotatable bonds is 7. The average Bonchev–Trinajstić information content (AvgIpc) is 3.28. The van der Waals surface area contributed by atoms with Crippen LogP contribution in [0.1, 0.15) is 31.9 Å². The van der Waals surface area contributed by atoms with E-state index >= 15 is 0 Å². The van der Waals surface area contributed by atoms with Crippen LogP contribution < -0.4 is 10.1 Å². The van der Waals surface area contributed by atoms with Gasteiger partial charge in [-0.15, -0.1) is 11.3 Å². The van der Waals surface area contributed by atoms with E-state index in [0.29, 0.717) is 24.6 Å². The second-order valence-corrected chi connectivity index (χ2v) is 7.25. The number of hydrogen-bond donors (Lipinski definition) is 1. The molecule has 2 heterocycles. The Morgan fingerprint density at radius 3 is 2.88 bits per heavy atom. The fourth-order valence-electron chi connectivity index (χ4n) is 2.69. The third-order valence-corrected chi connectivity index (χ3v) is 5.20. The Kier molecular flexibility index (Phi) is 5.73. The number of carbonyl (C=O) groups is 1. The van der Waals surface area contributed by atoms with Crippen LogP contribution in [0.3, 0.4) is 0 Å². The highest BCUT2D eigenvalue weighted by Gasteiger charge is 2.10. The lowest BCUT2D eigenvalue weighted by Crippen LogP contribution is -2.26. The minimum atomic E-state index is -0.0593. The lowest BCUT2D eigenvalue weighted by molar-refractivity contribution is 0.0956. The second kappa shape index (κ2) is 8.19. The minimum Gasteiger partial charge on any atom is -0.489 e. The van der Waals surface area contributed by atoms with Gasteiger partial charge in [-0.05, 0) is 61.0 Å². The summed E-state index contributed by atoms with van der Waals surface area (Å²) in [5.41, 5.74) is 4.57. The Bertz CT molecular complexity index is 885. The monoisotopic (exact) mass is 369 g/mol. The summed E-state index contributed by atoms with van der Waals surface area (Å²) < 4.78 is 7.76. The summed E-state index contributed by atoms with van der Waals surface area (Å²) in [5, 5.41) is 9.00. The number of aryl methyl sites for hydroxylation is 2. The van der Waals surface area contributed by atoms with E-state index in [-0.39, 0.29) is 5.91 Å². The summed E-state index contributed by atoms with van der Waals surface area (Å²) in [4.78, 5) is 12.9. The number of aromatic nitrogens is 2. The molecule has 0 unspecified atom stereocenters. The third-order valence-electron chi connectivity index (χ3n) is 4.22. The van der Waals surface area contributed by atoms with Crippen LogP contribution in [0, 0.1) is 20.8 Å². The summed E-state index contributed by atoms with van der Waals surface area (Å²) in [5.74, 6) is 0.843. The van der Waals surface area contributed by atoms with Crippen LogP contribution in [-0.4, -0.2) is 22.2 Å². The Morgan fingerprint density at radius 1 is 1.27 bits per heavy atom. The van der Waals surface area contributed by atoms with Crippen molar-refractivity contribution < 1.29 is 9.53 Å². The number of nitrogens with zero attached hydrogens (tertiary/aromatic N) is 2. The maximum Gasteiger partial charge on any atom is 0.261 e. The van der Waals surface area contributed by atoms with Gasteiger partial charge in [0.15, 0.2) is 0 Å². The molecule has 0 aliphatic heterocycles. The molecule has 0 fully saturated rings. The molecule has 1 aromatic carbocycles. The number of carbonyl (C=O) groups excluding carboxylic acids is 1. The molecule has 136 valence electrons. The van der Waals surface area contributed by atoms with E-state index < -0.39 is 0 Å². The Morgan fingerprint density at radius 2 is 2.12 bits per heavy atom. The molecule has 1 N–H and O–H groups in total. The zero-order valence-electron chi connectivity index (χ0n) is 15.3. The summed E-state index contributed by atoms with van der Waals surface area (Å²) in [6.07, 6.45) is 3.60. The Hall–Kier alpha value is -2.60. The molecule has 3 rings (SSSR count). The molecular formula is C20H23N3O2S. The van der Waals surface area contributed by atoms with Gasteiger partial charge in [0.2, 0.25) is 0 Å². The molecule has 0 aliphatic rings. The molecule has 0 bridgehead atoms. The zero-order valence-corrected chi connectivity index (χ0v) is 16.1. The number of benzene rings is 1. The quantitative estimate of drug-likeness (QED) is 0.688. The highest BCUT2D eigenvalue weighted by molar-refractivity contribution is 7.12. The van der Waals surface area contributed by atoms with Gasteiger partial charge in [-0.3, -0.25) is 9.48 Å². The molecule has 0 atom stereocenters. The Balaban J connectivity index is 1.53. The van der Waals surface area contributed by atoms with Gasteiger partial charge in [-0.2, -0.15) is 5.10 Å². The van der Waals surface area contributed by atoms with Crippen LogP contribution in [0.15, 0.2) is 42.0 Å². The number of amides is 1. The summed E-state index contributed by atoms with van der Waals surface area (Å²) in [6.45, 7) is 7.89. The third kappa shape index (κ3) is 4.52. The first-order chi connectivity index (χ1) is 12.5. The highest BCUT2D eigenvalue weighted by atomic mass is 32.1. The lowest BCUT2D eigenvalue weighted by atomic mass is 10.1. The Labute approximate surface area is 157 Å². The van der Waals surface area contributed by atoms with E-state index in [4.69, 9.17) is 4.74 Å². The molecule has 0 saturated carbocycles. The largest absolute Gasteiger partial charge is 0.489 e. The molecular weight excluding hydrogens is 346 g/mol. The molecule has 6 heteroatoms. The van der Waals surface area contributed by atoms with Crippen molar-refractivity contribution in [3.63, 3.8) is 0 Å². The van der Waals surface area contributed by atoms with Crippen molar-refractivity contribution in [2.45, 2.75) is 33.9 Å². The minimum absolute atomic E-state index is 0.0593. The maximum absolute atomic E-state index is 12.2. The molecule has 1 amide bonds. The lowest BCUT2D eigenvalue weighted by Gasteiger charge is -2.11. The SMILES string of the molecule is Cc1cc(C)c(C)c(OCc2csc(C(=O)NCCn3cccn3)c2)c1. The van der Waals surface area contributed by atoms with Crippen molar-refractivity contribution in [1.82, 2.24) is 15.1 Å². The van der Waals surface area contributed by atoms with Gasteiger partial charge < -0.3 is 10.1 Å². The van der Waals surface area contributed by atoms with Gasteiger partial charge >= 0.3 is 0 Å². The second-order valence-electron chi connectivity index (χ2n) is 6.34. The highest BCUT2D eigenvalue weighted by Crippen LogP contribution is 2.25. The molecule has 3 aromatic rings. The van der Waals surface area contributed by atoms with Crippen LogP contribution in [0.4, 0.5) is 0 Å². The fraction of sp³-hybridized carbons (Fsp3) is 0.300. The average molecular weight is 369 g/mol. The van der Waals surface area contributed by atoms with Gasteiger partial charge in [-0.1, -0.05) is 6.07 Å². The van der Waals surface area contributed by atoms with E-state index in [1.165, 1.54) is 22.5 Å². The maximum atomic E-state index is 12.2. The number of thiophene rings is 1. The van der Waals surface area contributed by atoms with Crippen molar-refractivity contribution in [3.05, 3.63) is 69.2 Å². The standard InChI is InChI=1S/C20H23N3O2S/c1-14-9-15(2)16(3)18(10-14)25-12-17-11-19(26-13-17)20(24)21-6-8-23-7-4-5-22-23/h4-5,7,9-11,13H,6,8,12H2,1-3H3,(H,21,24). The number of ether oxygens (including phenoxy) is 1. The van der Waals surface area contributed by atoms with Gasteiger partial charge in [-0.25, -0.2) is 0 Å². The van der Waals surface area contributed by atoms with E-state index in [2.05, 4.69) is 43.3 Å². The molecule has 26 heavy (non-hydrogen) atoms. The van der Waals surface area contributed by atoms with Crippen LogP contribution in [-0.2, 0) is 13.2 Å². The van der Waals surface area contributed by atoms with Crippen LogP contribution in [0.25, 0.3) is 0 Å². The van der Waals surface area contributed by atoms with Crippen LogP contribution >= 0.6 is 11.3 Å². The van der Waals surface area contributed by atoms with Crippen LogP contribution in [0.2, 0.25) is 0 Å². The molecule has 0 radical (unpaired) electrons. The first-order valence-electron chi connectivity index (χ1n) is 8.56. The number of hydrogen-bond acceptors (Lipinski definition) is 4. The summed E-state index contributed by atoms with van der Waals surface area (Å²) in [7, 11) is 0. The van der Waals surface area contributed by atoms with E-state index in [9.17, 15) is 4.79 Å². The smallest absolute Gasteiger partial charge is 0.261 e. The predicted molar refractivity (Wildman–Crippen MR) is 104 cm³/mol. The van der Waals surface area contributed by atoms with Gasteiger partial charge in [0.25, 0.3) is 5.91 Å². The summed E-state index contributed by atoms with van der Waals surface area (Å²) >= 11 is 1.44.